The number of amides is 3. The van der Waals surface area contributed by atoms with Crippen molar-refractivity contribution in [3.8, 4) is 0 Å². The second kappa shape index (κ2) is 9.60. The van der Waals surface area contributed by atoms with Crippen molar-refractivity contribution >= 4 is 23.4 Å². The third kappa shape index (κ3) is 5.83. The zero-order valence-corrected chi connectivity index (χ0v) is 16.5. The summed E-state index contributed by atoms with van der Waals surface area (Å²) >= 11 is 0. The first kappa shape index (κ1) is 20.9. The average Bonchev–Trinajstić information content (AvgIpc) is 2.72. The van der Waals surface area contributed by atoms with Crippen LogP contribution in [-0.4, -0.2) is 66.1 Å². The third-order valence-corrected chi connectivity index (χ3v) is 5.18. The lowest BCUT2D eigenvalue weighted by Crippen LogP contribution is -2.49. The van der Waals surface area contributed by atoms with Crippen LogP contribution < -0.4 is 10.6 Å². The third-order valence-electron chi connectivity index (χ3n) is 5.18. The summed E-state index contributed by atoms with van der Waals surface area (Å²) in [5, 5.41) is 11.1. The largest absolute Gasteiger partial charge is 0.358 e. The summed E-state index contributed by atoms with van der Waals surface area (Å²) in [5.41, 5.74) is 1.08. The van der Waals surface area contributed by atoms with Gasteiger partial charge in [0.25, 0.3) is 5.91 Å². The van der Waals surface area contributed by atoms with Gasteiger partial charge in [0.2, 0.25) is 11.8 Å². The highest BCUT2D eigenvalue weighted by molar-refractivity contribution is 6.39. The van der Waals surface area contributed by atoms with Crippen LogP contribution in [-0.2, 0) is 20.9 Å². The Balaban J connectivity index is 1.54. The first-order valence-corrected chi connectivity index (χ1v) is 9.80. The molecule has 0 radical (unpaired) electrons. The number of rotatable bonds is 6. The average molecular weight is 403 g/mol. The van der Waals surface area contributed by atoms with Crippen LogP contribution in [0.25, 0.3) is 0 Å². The minimum Gasteiger partial charge on any atom is -0.358 e. The van der Waals surface area contributed by atoms with Crippen molar-refractivity contribution in [2.75, 3.05) is 26.7 Å². The summed E-state index contributed by atoms with van der Waals surface area (Å²) < 4.78 is 13.1. The first-order chi connectivity index (χ1) is 13.9. The molecule has 0 saturated carbocycles. The molecule has 0 atom stereocenters. The van der Waals surface area contributed by atoms with E-state index in [-0.39, 0.29) is 42.5 Å². The number of benzene rings is 1. The fraction of sp³-hybridized carbons (Fsp3) is 0.500. The number of piperidine rings is 1. The quantitative estimate of drug-likeness (QED) is 0.729. The molecule has 3 amide bonds. The van der Waals surface area contributed by atoms with Crippen LogP contribution in [0.3, 0.4) is 0 Å². The van der Waals surface area contributed by atoms with E-state index in [0.29, 0.717) is 18.7 Å². The summed E-state index contributed by atoms with van der Waals surface area (Å²) in [6.07, 6.45) is 2.04. The Morgan fingerprint density at radius 1 is 1.17 bits per heavy atom. The number of nitrogens with zero attached hydrogens (tertiary/aromatic N) is 3. The molecular weight excluding hydrogens is 377 g/mol. The van der Waals surface area contributed by atoms with Crippen LogP contribution in [0.4, 0.5) is 4.39 Å². The predicted octanol–water partition coefficient (Wildman–Crippen LogP) is 0.631. The monoisotopic (exact) mass is 403 g/mol. The van der Waals surface area contributed by atoms with Gasteiger partial charge in [-0.25, -0.2) is 9.40 Å². The number of likely N-dealkylation sites (tertiary alicyclic amines) is 1. The van der Waals surface area contributed by atoms with Gasteiger partial charge in [0.1, 0.15) is 11.5 Å². The van der Waals surface area contributed by atoms with Gasteiger partial charge in [0.05, 0.1) is 13.1 Å². The minimum absolute atomic E-state index is 0.0186. The lowest BCUT2D eigenvalue weighted by atomic mass is 10.0. The van der Waals surface area contributed by atoms with Gasteiger partial charge in [-0.05, 0) is 30.5 Å². The molecule has 1 aromatic rings. The summed E-state index contributed by atoms with van der Waals surface area (Å²) in [6.45, 7) is 2.04. The van der Waals surface area contributed by atoms with E-state index >= 15 is 0 Å². The number of carbonyl (C=O) groups is 3. The van der Waals surface area contributed by atoms with Crippen molar-refractivity contribution in [1.29, 1.82) is 0 Å². The van der Waals surface area contributed by atoms with Gasteiger partial charge < -0.3 is 10.6 Å². The molecule has 2 aliphatic rings. The molecule has 0 spiro atoms. The molecule has 3 rings (SSSR count). The molecular formula is C20H26FN5O3. The summed E-state index contributed by atoms with van der Waals surface area (Å²) in [6, 6.07) is 5.88. The molecule has 9 heteroatoms. The van der Waals surface area contributed by atoms with Crippen molar-refractivity contribution in [2.24, 2.45) is 5.10 Å². The second-order valence-corrected chi connectivity index (χ2v) is 7.32. The fourth-order valence-electron chi connectivity index (χ4n) is 3.44. The highest BCUT2D eigenvalue weighted by Gasteiger charge is 2.27. The Kier molecular flexibility index (Phi) is 6.92. The maximum atomic E-state index is 13.1. The molecule has 156 valence electrons. The summed E-state index contributed by atoms with van der Waals surface area (Å²) in [5.74, 6) is -0.779. The van der Waals surface area contributed by atoms with E-state index in [0.717, 1.165) is 31.5 Å². The molecule has 2 heterocycles. The van der Waals surface area contributed by atoms with Gasteiger partial charge in [-0.3, -0.25) is 19.3 Å². The van der Waals surface area contributed by atoms with E-state index in [4.69, 9.17) is 0 Å². The number of hydrazone groups is 1. The van der Waals surface area contributed by atoms with Gasteiger partial charge in [-0.1, -0.05) is 12.1 Å². The fourth-order valence-corrected chi connectivity index (χ4v) is 3.44. The maximum absolute atomic E-state index is 13.1. The van der Waals surface area contributed by atoms with Gasteiger partial charge in [0, 0.05) is 39.0 Å². The molecule has 0 bridgehead atoms. The summed E-state index contributed by atoms with van der Waals surface area (Å²) in [7, 11) is 1.62. The normalized spacial score (nSPS) is 18.3. The smallest absolute Gasteiger partial charge is 0.267 e. The number of carbonyl (C=O) groups excluding carboxylic acids is 3. The Morgan fingerprint density at radius 3 is 2.52 bits per heavy atom. The molecule has 29 heavy (non-hydrogen) atoms. The Morgan fingerprint density at radius 2 is 1.86 bits per heavy atom. The van der Waals surface area contributed by atoms with Crippen molar-refractivity contribution < 1.29 is 18.8 Å². The van der Waals surface area contributed by atoms with E-state index in [1.165, 1.54) is 17.1 Å². The maximum Gasteiger partial charge on any atom is 0.267 e. The highest BCUT2D eigenvalue weighted by atomic mass is 19.1. The number of nitrogens with one attached hydrogen (secondary N) is 2. The number of hydrogen-bond donors (Lipinski definition) is 2. The first-order valence-electron chi connectivity index (χ1n) is 9.80. The Labute approximate surface area is 169 Å². The van der Waals surface area contributed by atoms with Gasteiger partial charge in [-0.15, -0.1) is 0 Å². The Hall–Kier alpha value is -2.81. The van der Waals surface area contributed by atoms with Crippen LogP contribution in [0.15, 0.2) is 29.4 Å². The standard InChI is InChI=1S/C20H26FN5O3/c1-22-18(27)13-25-10-8-16(9-11-25)23-20(29)17-6-7-19(28)26(24-17)12-14-2-4-15(21)5-3-14/h2-5,16H,6-13H2,1H3,(H,22,27)(H,23,29). The molecule has 1 saturated heterocycles. The van der Waals surface area contributed by atoms with Crippen molar-refractivity contribution in [3.05, 3.63) is 35.6 Å². The number of hydrogen-bond acceptors (Lipinski definition) is 5. The second-order valence-electron chi connectivity index (χ2n) is 7.32. The van der Waals surface area contributed by atoms with E-state index in [2.05, 4.69) is 20.6 Å². The molecule has 0 aromatic heterocycles. The van der Waals surface area contributed by atoms with Crippen molar-refractivity contribution in [1.82, 2.24) is 20.5 Å². The lowest BCUT2D eigenvalue weighted by Gasteiger charge is -2.32. The van der Waals surface area contributed by atoms with Crippen LogP contribution >= 0.6 is 0 Å². The lowest BCUT2D eigenvalue weighted by molar-refractivity contribution is -0.132. The van der Waals surface area contributed by atoms with Crippen molar-refractivity contribution in [3.63, 3.8) is 0 Å². The predicted molar refractivity (Wildman–Crippen MR) is 105 cm³/mol. The van der Waals surface area contributed by atoms with Crippen LogP contribution in [0.2, 0.25) is 0 Å². The van der Waals surface area contributed by atoms with E-state index < -0.39 is 0 Å². The molecule has 8 nitrogen and oxygen atoms in total. The highest BCUT2D eigenvalue weighted by Crippen LogP contribution is 2.15. The Bertz CT molecular complexity index is 788. The van der Waals surface area contributed by atoms with E-state index in [1.54, 1.807) is 19.2 Å². The molecule has 0 aliphatic carbocycles. The summed E-state index contributed by atoms with van der Waals surface area (Å²) in [4.78, 5) is 38.3. The van der Waals surface area contributed by atoms with Crippen LogP contribution in [0, 0.1) is 5.82 Å². The van der Waals surface area contributed by atoms with Gasteiger partial charge in [-0.2, -0.15) is 5.10 Å². The zero-order valence-electron chi connectivity index (χ0n) is 16.5. The van der Waals surface area contributed by atoms with Crippen LogP contribution in [0.1, 0.15) is 31.2 Å². The molecule has 0 unspecified atom stereocenters. The minimum atomic E-state index is -0.344. The topological polar surface area (TPSA) is 94.1 Å². The van der Waals surface area contributed by atoms with Gasteiger partial charge in [0.15, 0.2) is 0 Å². The number of halogens is 1. The molecule has 2 N–H and O–H groups in total. The molecule has 2 aliphatic heterocycles. The van der Waals surface area contributed by atoms with Crippen LogP contribution in [0.5, 0.6) is 0 Å². The van der Waals surface area contributed by atoms with E-state index in [1.807, 2.05) is 0 Å². The van der Waals surface area contributed by atoms with E-state index in [9.17, 15) is 18.8 Å². The molecule has 1 fully saturated rings. The van der Waals surface area contributed by atoms with Crippen molar-refractivity contribution in [2.45, 2.75) is 38.3 Å². The van der Waals surface area contributed by atoms with Gasteiger partial charge >= 0.3 is 0 Å². The SMILES string of the molecule is CNC(=O)CN1CCC(NC(=O)C2=NN(Cc3ccc(F)cc3)C(=O)CC2)CC1. The number of likely N-dealkylation sites (N-methyl/N-ethyl adjacent to an activating group) is 1. The zero-order chi connectivity index (χ0) is 20.8. The molecule has 1 aromatic carbocycles.